The summed E-state index contributed by atoms with van der Waals surface area (Å²) in [5.74, 6) is -0.641. The Labute approximate surface area is 371 Å². The van der Waals surface area contributed by atoms with Crippen LogP contribution in [0.15, 0.2) is 85.1 Å². The van der Waals surface area contributed by atoms with Crippen molar-refractivity contribution in [3.8, 4) is 0 Å². The molecule has 0 saturated carbocycles. The predicted molar refractivity (Wildman–Crippen MR) is 260 cm³/mol. The van der Waals surface area contributed by atoms with E-state index in [-0.39, 0.29) is 25.2 Å². The summed E-state index contributed by atoms with van der Waals surface area (Å²) in [6.45, 7) is 4.00. The van der Waals surface area contributed by atoms with E-state index in [0.29, 0.717) is 12.8 Å². The molecular formula is C55H94O5. The van der Waals surface area contributed by atoms with Gasteiger partial charge in [-0.25, -0.2) is 0 Å². The van der Waals surface area contributed by atoms with E-state index in [1.165, 1.54) is 128 Å². The molecule has 0 amide bonds. The molecule has 0 aromatic heterocycles. The zero-order valence-corrected chi connectivity index (χ0v) is 39.2. The lowest BCUT2D eigenvalue weighted by atomic mass is 10.0. The average Bonchev–Trinajstić information content (AvgIpc) is 3.25. The topological polar surface area (TPSA) is 72.8 Å². The van der Waals surface area contributed by atoms with E-state index in [1.54, 1.807) is 0 Å². The first-order valence-corrected chi connectivity index (χ1v) is 25.1. The molecule has 0 radical (unpaired) electrons. The molecule has 344 valence electrons. The summed E-state index contributed by atoms with van der Waals surface area (Å²) in [7, 11) is 0. The van der Waals surface area contributed by atoms with Crippen molar-refractivity contribution in [2.24, 2.45) is 0 Å². The fourth-order valence-electron chi connectivity index (χ4n) is 6.91. The Kier molecular flexibility index (Phi) is 48.0. The Bertz CT molecular complexity index is 1130. The zero-order valence-electron chi connectivity index (χ0n) is 39.2. The van der Waals surface area contributed by atoms with Crippen molar-refractivity contribution in [3.05, 3.63) is 85.1 Å². The number of allylic oxidation sites excluding steroid dienone is 14. The maximum absolute atomic E-state index is 12.2. The van der Waals surface area contributed by atoms with Gasteiger partial charge >= 0.3 is 11.9 Å². The highest BCUT2D eigenvalue weighted by Gasteiger charge is 2.16. The van der Waals surface area contributed by atoms with Crippen LogP contribution in [0.3, 0.4) is 0 Å². The van der Waals surface area contributed by atoms with Crippen LogP contribution in [0.4, 0.5) is 0 Å². The largest absolute Gasteiger partial charge is 0.462 e. The molecule has 1 atom stereocenters. The summed E-state index contributed by atoms with van der Waals surface area (Å²) < 4.78 is 10.6. The van der Waals surface area contributed by atoms with Crippen LogP contribution in [-0.2, 0) is 19.1 Å². The minimum absolute atomic E-state index is 0.0869. The van der Waals surface area contributed by atoms with Crippen molar-refractivity contribution < 1.29 is 24.2 Å². The molecule has 0 aliphatic carbocycles. The highest BCUT2D eigenvalue weighted by Crippen LogP contribution is 2.15. The Morgan fingerprint density at radius 3 is 1.13 bits per heavy atom. The molecule has 0 aromatic carbocycles. The van der Waals surface area contributed by atoms with Crippen LogP contribution >= 0.6 is 0 Å². The Morgan fingerprint density at radius 1 is 0.400 bits per heavy atom. The average molecular weight is 835 g/mol. The van der Waals surface area contributed by atoms with Gasteiger partial charge in [0.2, 0.25) is 0 Å². The first-order valence-electron chi connectivity index (χ1n) is 25.1. The zero-order chi connectivity index (χ0) is 43.5. The van der Waals surface area contributed by atoms with E-state index in [9.17, 15) is 14.7 Å². The number of aliphatic hydroxyl groups is 1. The number of carbonyl (C=O) groups is 2. The molecule has 0 saturated heterocycles. The van der Waals surface area contributed by atoms with Crippen molar-refractivity contribution in [1.29, 1.82) is 0 Å². The van der Waals surface area contributed by atoms with E-state index in [2.05, 4.69) is 98.9 Å². The maximum atomic E-state index is 12.2. The van der Waals surface area contributed by atoms with Crippen molar-refractivity contribution in [3.63, 3.8) is 0 Å². The van der Waals surface area contributed by atoms with E-state index in [1.807, 2.05) is 0 Å². The first kappa shape index (κ1) is 57.1. The predicted octanol–water partition coefficient (Wildman–Crippen LogP) is 16.6. The molecule has 0 aromatic rings. The molecule has 1 N–H and O–H groups in total. The van der Waals surface area contributed by atoms with E-state index in [0.717, 1.165) is 77.0 Å². The number of hydrogen-bond donors (Lipinski definition) is 1. The lowest BCUT2D eigenvalue weighted by molar-refractivity contribution is -0.161. The van der Waals surface area contributed by atoms with Crippen LogP contribution in [0.25, 0.3) is 0 Å². The van der Waals surface area contributed by atoms with Crippen molar-refractivity contribution in [2.45, 2.75) is 238 Å². The van der Waals surface area contributed by atoms with Gasteiger partial charge in [0.25, 0.3) is 0 Å². The van der Waals surface area contributed by atoms with Crippen LogP contribution in [0.1, 0.15) is 232 Å². The van der Waals surface area contributed by atoms with Gasteiger partial charge in [0.05, 0.1) is 6.61 Å². The molecule has 60 heavy (non-hydrogen) atoms. The quantitative estimate of drug-likeness (QED) is 0.0376. The lowest BCUT2D eigenvalue weighted by Gasteiger charge is -2.15. The molecule has 0 rings (SSSR count). The van der Waals surface area contributed by atoms with Crippen LogP contribution in [0, 0.1) is 0 Å². The number of aliphatic hydroxyl groups excluding tert-OH is 1. The van der Waals surface area contributed by atoms with Gasteiger partial charge in [0.1, 0.15) is 6.61 Å². The summed E-state index contributed by atoms with van der Waals surface area (Å²) in [5, 5.41) is 9.61. The maximum Gasteiger partial charge on any atom is 0.306 e. The second kappa shape index (κ2) is 50.4. The standard InChI is InChI=1S/C55H94O5/c1-3-5-7-9-11-13-15-17-19-21-23-25-26-27-28-30-31-33-35-37-39-41-43-45-47-49-54(57)59-52-53(51-56)60-55(58)50-48-46-44-42-40-38-36-34-32-29-24-22-20-18-16-14-12-10-8-6-4-2/h6,8,12,14,18,20-21,23-24,29,34,36,40,42,53,56H,3-5,7,9-11,13,15-17,19,22,25-28,30-33,35,37-39,41,43-52H2,1-2H3/b8-6-,14-12-,20-18-,23-21-,29-24-,36-34-,42-40-. The summed E-state index contributed by atoms with van der Waals surface area (Å²) in [6, 6.07) is 0. The van der Waals surface area contributed by atoms with Crippen molar-refractivity contribution in [1.82, 2.24) is 0 Å². The van der Waals surface area contributed by atoms with Crippen LogP contribution in [0.2, 0.25) is 0 Å². The molecule has 0 aliphatic rings. The van der Waals surface area contributed by atoms with Crippen molar-refractivity contribution in [2.75, 3.05) is 13.2 Å². The third kappa shape index (κ3) is 47.8. The molecule has 5 heteroatoms. The molecule has 1 unspecified atom stereocenters. The van der Waals surface area contributed by atoms with Crippen molar-refractivity contribution >= 4 is 11.9 Å². The molecule has 0 heterocycles. The fraction of sp³-hybridized carbons (Fsp3) is 0.709. The number of hydrogen-bond acceptors (Lipinski definition) is 5. The highest BCUT2D eigenvalue weighted by atomic mass is 16.6. The van der Waals surface area contributed by atoms with Gasteiger partial charge in [0, 0.05) is 12.8 Å². The monoisotopic (exact) mass is 835 g/mol. The number of carbonyl (C=O) groups excluding carboxylic acids is 2. The molecule has 0 bridgehead atoms. The summed E-state index contributed by atoms with van der Waals surface area (Å²) in [6.07, 6.45) is 69.6. The summed E-state index contributed by atoms with van der Waals surface area (Å²) in [4.78, 5) is 24.4. The lowest BCUT2D eigenvalue weighted by Crippen LogP contribution is -2.28. The third-order valence-electron chi connectivity index (χ3n) is 10.7. The van der Waals surface area contributed by atoms with Gasteiger partial charge in [0.15, 0.2) is 6.10 Å². The highest BCUT2D eigenvalue weighted by molar-refractivity contribution is 5.70. The van der Waals surface area contributed by atoms with Gasteiger partial charge in [-0.1, -0.05) is 214 Å². The summed E-state index contributed by atoms with van der Waals surface area (Å²) in [5.41, 5.74) is 0. The van der Waals surface area contributed by atoms with Crippen LogP contribution in [0.5, 0.6) is 0 Å². The third-order valence-corrected chi connectivity index (χ3v) is 10.7. The smallest absolute Gasteiger partial charge is 0.306 e. The Morgan fingerprint density at radius 2 is 0.717 bits per heavy atom. The van der Waals surface area contributed by atoms with E-state index in [4.69, 9.17) is 9.47 Å². The van der Waals surface area contributed by atoms with E-state index >= 15 is 0 Å². The molecule has 0 aliphatic heterocycles. The normalized spacial score (nSPS) is 12.9. The van der Waals surface area contributed by atoms with E-state index < -0.39 is 6.10 Å². The minimum Gasteiger partial charge on any atom is -0.462 e. The van der Waals surface area contributed by atoms with Crippen LogP contribution < -0.4 is 0 Å². The molecular weight excluding hydrogens is 741 g/mol. The minimum atomic E-state index is -0.800. The van der Waals surface area contributed by atoms with Crippen LogP contribution in [-0.4, -0.2) is 36.4 Å². The number of unbranched alkanes of at least 4 members (excludes halogenated alkanes) is 23. The second-order valence-electron chi connectivity index (χ2n) is 16.5. The Hall–Kier alpha value is -2.92. The Balaban J connectivity index is 3.58. The SMILES string of the molecule is CC/C=C\C/C=C\C/C=C\C/C=C\C/C=C\C/C=C\CCCCC(=O)OC(CO)COC(=O)CCCCCCCCCCCCCCC/C=C\CCCCCCCCCC. The van der Waals surface area contributed by atoms with Gasteiger partial charge in [-0.15, -0.1) is 0 Å². The number of ether oxygens (including phenoxy) is 2. The number of esters is 2. The summed E-state index contributed by atoms with van der Waals surface area (Å²) >= 11 is 0. The van der Waals surface area contributed by atoms with Gasteiger partial charge < -0.3 is 14.6 Å². The van der Waals surface area contributed by atoms with Gasteiger partial charge in [-0.05, 0) is 89.9 Å². The fourth-order valence-corrected chi connectivity index (χ4v) is 6.91. The first-order chi connectivity index (χ1) is 29.6. The molecule has 0 spiro atoms. The molecule has 5 nitrogen and oxygen atoms in total. The second-order valence-corrected chi connectivity index (χ2v) is 16.5. The van der Waals surface area contributed by atoms with Gasteiger partial charge in [-0.3, -0.25) is 9.59 Å². The molecule has 0 fully saturated rings. The van der Waals surface area contributed by atoms with Gasteiger partial charge in [-0.2, -0.15) is 0 Å². The number of rotatable bonds is 45.